The molecule has 0 radical (unpaired) electrons. The number of thioether (sulfide) groups is 1. The van der Waals surface area contributed by atoms with Gasteiger partial charge < -0.3 is 105 Å². The predicted molar refractivity (Wildman–Crippen MR) is 476 cm³/mol. The Bertz CT molecular complexity index is 4790. The minimum absolute atomic E-state index is 0.00177. The van der Waals surface area contributed by atoms with Gasteiger partial charge in [-0.3, -0.25) is 81.5 Å². The van der Waals surface area contributed by atoms with Gasteiger partial charge >= 0.3 is 5.97 Å². The molecular weight excluding hydrogens is 1690 g/mol. The molecule has 39 heteroatoms. The zero-order chi connectivity index (χ0) is 94.5. The van der Waals surface area contributed by atoms with Crippen molar-refractivity contribution in [2.75, 3.05) is 58.8 Å². The minimum Gasteiger partial charge on any atom is -0.508 e. The number of carbonyl (C=O) groups is 17. The monoisotopic (exact) mass is 1810 g/mol. The zero-order valence-corrected chi connectivity index (χ0v) is 74.9. The quantitative estimate of drug-likeness (QED) is 0.0383. The first-order chi connectivity index (χ1) is 61.4. The molecule has 3 saturated heterocycles. The number of phenolic OH excluding ortho intramolecular Hbond substituents is 1. The first-order valence-corrected chi connectivity index (χ1v) is 44.8. The number of aromatic nitrogens is 1. The van der Waals surface area contributed by atoms with Crippen molar-refractivity contribution in [1.29, 1.82) is 0 Å². The molecule has 0 bridgehead atoms. The van der Waals surface area contributed by atoms with Gasteiger partial charge in [0, 0.05) is 89.2 Å². The lowest BCUT2D eigenvalue weighted by Crippen LogP contribution is -2.63. The fourth-order valence-corrected chi connectivity index (χ4v) is 16.9. The van der Waals surface area contributed by atoms with E-state index in [4.69, 9.17) is 17.2 Å². The molecule has 13 atom stereocenters. The van der Waals surface area contributed by atoms with Crippen LogP contribution in [0.15, 0.2) is 109 Å². The van der Waals surface area contributed by atoms with Crippen LogP contribution < -0.4 is 65.1 Å². The van der Waals surface area contributed by atoms with Crippen molar-refractivity contribution in [3.63, 3.8) is 0 Å². The molecule has 700 valence electrons. The number of nitrogens with one attached hydrogen (secondary N) is 10. The summed E-state index contributed by atoms with van der Waals surface area (Å²) in [5.41, 5.74) is 19.6. The largest absolute Gasteiger partial charge is 0.508 e. The Balaban J connectivity index is 1.22. The van der Waals surface area contributed by atoms with Gasteiger partial charge in [-0.25, -0.2) is 4.39 Å². The number of amides is 16. The molecular formula is C90H123FN18O19S. The van der Waals surface area contributed by atoms with Gasteiger partial charge in [0.1, 0.15) is 90.1 Å². The standard InChI is InChI=1S/C90H123FN18O19S/c1-9-10-25-70-89(127)109-40-19-27-69(109)84(122)102-65(46-76(114)115)82(120)104-77(52(4)5)90(128)106(7)71(41-51(2)3)85(123)99-62(36-37-73(93)111)87(125)108-39-17-16-26-68(108)83(121)101-64(45-56-47-95-60-23-15-14-22-59(56)60)81(119)100-63(42-55-30-34-58(110)35-31-55)80(118)98-61(24-18-38-92)79(117)103-67(78(116)96-48-74(94)112)49-129-50-75(113)97-66(43-54-28-32-57(91)33-29-54)86(124)107(8)72(88(126)105(70)6)44-53-20-12-11-13-21-53/h11-15,20-23,28-35,47,51-52,61-72,77,95,110H,9-10,16-19,24-27,36-46,48-50,92H2,1-8H3,(H2,93,111)(H2,94,112)(H,96,116)(H,97,113)(H,98,118)(H,99,123)(H,100,119)(H,101,121)(H,102,122)(H,103,117)(H,104,120)(H,114,115)/t61-,62-,63-,64+,65-,66-,67-,68+,69+,70-,71-,72-,77-/m0/s1. The molecule has 0 aliphatic carbocycles. The highest BCUT2D eigenvalue weighted by molar-refractivity contribution is 8.00. The number of hydrogen-bond donors (Lipinski definition) is 15. The zero-order valence-electron chi connectivity index (χ0n) is 74.1. The van der Waals surface area contributed by atoms with Crippen LogP contribution in [0.2, 0.25) is 0 Å². The van der Waals surface area contributed by atoms with E-state index in [0.717, 1.165) is 33.7 Å². The molecule has 0 saturated carbocycles. The lowest BCUT2D eigenvalue weighted by atomic mass is 9.96. The molecule has 1 aromatic heterocycles. The molecule has 3 aliphatic rings. The average molecular weight is 1810 g/mol. The maximum Gasteiger partial charge on any atom is 0.305 e. The lowest BCUT2D eigenvalue weighted by Gasteiger charge is -2.38. The molecule has 0 spiro atoms. The highest BCUT2D eigenvalue weighted by atomic mass is 32.2. The van der Waals surface area contributed by atoms with E-state index >= 15 is 43.2 Å². The molecule has 0 unspecified atom stereocenters. The topological polar surface area (TPSA) is 549 Å². The lowest BCUT2D eigenvalue weighted by molar-refractivity contribution is -0.152. The number of benzene rings is 4. The number of halogens is 1. The van der Waals surface area contributed by atoms with Gasteiger partial charge in [0.2, 0.25) is 94.5 Å². The van der Waals surface area contributed by atoms with Crippen LogP contribution in [0, 0.1) is 17.7 Å². The first kappa shape index (κ1) is 102. The Labute approximate surface area is 752 Å². The summed E-state index contributed by atoms with van der Waals surface area (Å²) in [6.45, 7) is 7.57. The van der Waals surface area contributed by atoms with Crippen LogP contribution >= 0.6 is 11.8 Å². The summed E-state index contributed by atoms with van der Waals surface area (Å²) in [6, 6.07) is 6.29. The van der Waals surface area contributed by atoms with E-state index in [0.29, 0.717) is 58.8 Å². The number of phenols is 1. The van der Waals surface area contributed by atoms with E-state index in [1.807, 2.05) is 6.92 Å². The van der Waals surface area contributed by atoms with Crippen LogP contribution in [0.3, 0.4) is 0 Å². The van der Waals surface area contributed by atoms with Gasteiger partial charge in [0.15, 0.2) is 0 Å². The molecule has 18 N–H and O–H groups in total. The maximum atomic E-state index is 15.7. The number of aromatic amines is 1. The normalized spacial score (nSPS) is 24.0. The van der Waals surface area contributed by atoms with Crippen molar-refractivity contribution in [2.24, 2.45) is 29.0 Å². The van der Waals surface area contributed by atoms with Crippen LogP contribution in [-0.4, -0.2) is 278 Å². The Morgan fingerprint density at radius 3 is 1.71 bits per heavy atom. The molecule has 129 heavy (non-hydrogen) atoms. The smallest absolute Gasteiger partial charge is 0.305 e. The number of aromatic hydroxyl groups is 1. The fourth-order valence-electron chi connectivity index (χ4n) is 16.1. The number of carboxylic acid groups (broad SMARTS) is 1. The second-order valence-electron chi connectivity index (χ2n) is 33.8. The minimum atomic E-state index is -1.90. The number of aliphatic carboxylic acids is 1. The summed E-state index contributed by atoms with van der Waals surface area (Å²) in [5, 5.41) is 45.2. The van der Waals surface area contributed by atoms with E-state index in [2.05, 4.69) is 52.8 Å². The second-order valence-corrected chi connectivity index (χ2v) is 34.8. The third kappa shape index (κ3) is 29.5. The number of primary amides is 2. The van der Waals surface area contributed by atoms with Crippen LogP contribution in [0.1, 0.15) is 147 Å². The number of H-pyrrole nitrogens is 1. The van der Waals surface area contributed by atoms with Crippen molar-refractivity contribution in [3.8, 4) is 5.75 Å². The van der Waals surface area contributed by atoms with Crippen molar-refractivity contribution in [2.45, 2.75) is 229 Å². The van der Waals surface area contributed by atoms with Crippen molar-refractivity contribution in [3.05, 3.63) is 137 Å². The molecule has 3 aliphatic heterocycles. The number of nitrogens with two attached hydrogens (primary N) is 3. The SMILES string of the molecule is CCCC[C@H]1C(=O)N2CCC[C@@H]2C(=O)N[C@@H](CC(=O)O)C(=O)N[C@@H](C(C)C)C(=O)N(C)[C@@H](CC(C)C)C(=O)N[C@@H](CCC(N)=O)C(=O)N2CCCC[C@@H]2C(=O)N[C@H](Cc2c[nH]c3ccccc23)C(=O)N[C@@H](Cc2ccc(O)cc2)C(=O)N[C@@H](CCCN)C(=O)N[C@H](C(=O)NCC(N)=O)CSCC(=O)N[C@@H](Cc2ccc(F)cc2)C(=O)N(C)[C@@H](Cc2ccccc2)C(=O)N1C. The van der Waals surface area contributed by atoms with Crippen LogP contribution in [0.4, 0.5) is 4.39 Å². The molecule has 3 fully saturated rings. The average Bonchev–Trinajstić information content (AvgIpc) is 1.77. The third-order valence-electron chi connectivity index (χ3n) is 23.2. The number of likely N-dealkylation sites (N-methyl/N-ethyl adjacent to an activating group) is 3. The van der Waals surface area contributed by atoms with Gasteiger partial charge in [0.05, 0.1) is 18.7 Å². The summed E-state index contributed by atoms with van der Waals surface area (Å²) in [6.07, 6.45) is 0.241. The highest BCUT2D eigenvalue weighted by Gasteiger charge is 2.46. The first-order valence-electron chi connectivity index (χ1n) is 43.7. The van der Waals surface area contributed by atoms with E-state index in [-0.39, 0.29) is 102 Å². The summed E-state index contributed by atoms with van der Waals surface area (Å²) in [7, 11) is 3.97. The fraction of sp³-hybridized carbons (Fsp3) is 0.522. The number of hydrogen-bond acceptors (Lipinski definition) is 20. The predicted octanol–water partition coefficient (Wildman–Crippen LogP) is 0.734. The second kappa shape index (κ2) is 49.1. The number of unbranched alkanes of at least 4 members (excludes halogenated alkanes) is 1. The summed E-state index contributed by atoms with van der Waals surface area (Å²) in [4.78, 5) is 258. The van der Waals surface area contributed by atoms with Crippen LogP contribution in [0.5, 0.6) is 5.75 Å². The number of carbonyl (C=O) groups excluding carboxylic acids is 16. The summed E-state index contributed by atoms with van der Waals surface area (Å²) in [5.74, 6) is -19.1. The Hall–Kier alpha value is -12.6. The molecule has 5 aromatic rings. The van der Waals surface area contributed by atoms with E-state index in [9.17, 15) is 53.0 Å². The van der Waals surface area contributed by atoms with Crippen LogP contribution in [-0.2, 0) is 107 Å². The van der Waals surface area contributed by atoms with E-state index in [1.54, 1.807) is 88.5 Å². The van der Waals surface area contributed by atoms with Crippen LogP contribution in [0.25, 0.3) is 10.9 Å². The molecule has 8 rings (SSSR count). The number of piperidine rings is 1. The maximum absolute atomic E-state index is 15.7. The molecule has 4 aromatic carbocycles. The highest BCUT2D eigenvalue weighted by Crippen LogP contribution is 2.28. The number of rotatable bonds is 25. The summed E-state index contributed by atoms with van der Waals surface area (Å²) < 4.78 is 14.6. The van der Waals surface area contributed by atoms with Crippen molar-refractivity contribution in [1.82, 2.24) is 77.3 Å². The van der Waals surface area contributed by atoms with Gasteiger partial charge in [-0.05, 0) is 135 Å². The number of para-hydroxylation sites is 1. The number of carboxylic acids is 1. The van der Waals surface area contributed by atoms with Crippen molar-refractivity contribution < 1.29 is 96.1 Å². The van der Waals surface area contributed by atoms with E-state index < -0.39 is 228 Å². The van der Waals surface area contributed by atoms with Crippen molar-refractivity contribution >= 4 is 123 Å². The number of nitrogens with zero attached hydrogens (tertiary/aromatic N) is 5. The molecule has 4 heterocycles. The van der Waals surface area contributed by atoms with Gasteiger partial charge in [0.25, 0.3) is 0 Å². The summed E-state index contributed by atoms with van der Waals surface area (Å²) >= 11 is 0.773. The Morgan fingerprint density at radius 2 is 1.08 bits per heavy atom. The molecule has 16 amide bonds. The van der Waals surface area contributed by atoms with Gasteiger partial charge in [-0.2, -0.15) is 0 Å². The van der Waals surface area contributed by atoms with Gasteiger partial charge in [-0.15, -0.1) is 11.8 Å². The third-order valence-corrected chi connectivity index (χ3v) is 24.3. The van der Waals surface area contributed by atoms with Gasteiger partial charge in [-0.1, -0.05) is 120 Å². The Kier molecular flexibility index (Phi) is 38.8. The number of fused-ring (bicyclic) bond motifs is 3. The Morgan fingerprint density at radius 1 is 0.527 bits per heavy atom. The molecule has 37 nitrogen and oxygen atoms in total. The van der Waals surface area contributed by atoms with E-state index in [1.165, 1.54) is 72.2 Å².